The standard InChI is InChI=1S/C16H15BrClFO/c1-2-9-20-15-8-7-11(10-13(15)17)16(18)12-5-3-4-6-14(12)19/h3-8,10,16H,2,9H2,1H3. The average Bonchev–Trinajstić information content (AvgIpc) is 2.46. The second-order valence-electron chi connectivity index (χ2n) is 4.42. The molecule has 1 atom stereocenters. The molecule has 4 heteroatoms. The van der Waals surface area contributed by atoms with E-state index in [1.54, 1.807) is 18.2 Å². The number of hydrogen-bond donors (Lipinski definition) is 0. The number of hydrogen-bond acceptors (Lipinski definition) is 1. The van der Waals surface area contributed by atoms with Gasteiger partial charge in [0.25, 0.3) is 0 Å². The minimum atomic E-state index is -0.521. The molecule has 0 saturated carbocycles. The Balaban J connectivity index is 2.25. The number of benzene rings is 2. The van der Waals surface area contributed by atoms with E-state index >= 15 is 0 Å². The first kappa shape index (κ1) is 15.3. The molecule has 0 aliphatic carbocycles. The molecule has 0 bridgehead atoms. The molecule has 0 radical (unpaired) electrons. The lowest BCUT2D eigenvalue weighted by Gasteiger charge is -2.14. The summed E-state index contributed by atoms with van der Waals surface area (Å²) >= 11 is 9.82. The minimum absolute atomic E-state index is 0.296. The third-order valence-electron chi connectivity index (χ3n) is 2.89. The summed E-state index contributed by atoms with van der Waals surface area (Å²) in [5.74, 6) is 0.475. The maximum atomic E-state index is 13.8. The minimum Gasteiger partial charge on any atom is -0.492 e. The van der Waals surface area contributed by atoms with Crippen molar-refractivity contribution in [2.45, 2.75) is 18.7 Å². The van der Waals surface area contributed by atoms with Gasteiger partial charge >= 0.3 is 0 Å². The van der Waals surface area contributed by atoms with Gasteiger partial charge in [-0.25, -0.2) is 4.39 Å². The predicted molar refractivity (Wildman–Crippen MR) is 84.0 cm³/mol. The Morgan fingerprint density at radius 2 is 2.00 bits per heavy atom. The van der Waals surface area contributed by atoms with Crippen molar-refractivity contribution in [3.63, 3.8) is 0 Å². The van der Waals surface area contributed by atoms with Crippen molar-refractivity contribution in [3.8, 4) is 5.75 Å². The lowest BCUT2D eigenvalue weighted by Crippen LogP contribution is -1.99. The van der Waals surface area contributed by atoms with Gasteiger partial charge in [-0.1, -0.05) is 31.2 Å². The number of alkyl halides is 1. The van der Waals surface area contributed by atoms with E-state index in [0.717, 1.165) is 22.2 Å². The van der Waals surface area contributed by atoms with Crippen LogP contribution in [-0.4, -0.2) is 6.61 Å². The molecule has 2 rings (SSSR count). The Morgan fingerprint density at radius 1 is 1.25 bits per heavy atom. The van der Waals surface area contributed by atoms with Crippen molar-refractivity contribution < 1.29 is 9.13 Å². The van der Waals surface area contributed by atoms with Crippen LogP contribution in [0, 0.1) is 5.82 Å². The molecule has 0 N–H and O–H groups in total. The summed E-state index contributed by atoms with van der Waals surface area (Å²) in [4.78, 5) is 0. The van der Waals surface area contributed by atoms with Crippen molar-refractivity contribution in [1.82, 2.24) is 0 Å². The van der Waals surface area contributed by atoms with E-state index in [1.165, 1.54) is 6.07 Å². The molecule has 0 aromatic heterocycles. The topological polar surface area (TPSA) is 9.23 Å². The van der Waals surface area contributed by atoms with Crippen LogP contribution in [0.3, 0.4) is 0 Å². The largest absolute Gasteiger partial charge is 0.492 e. The first-order valence-electron chi connectivity index (χ1n) is 6.44. The van der Waals surface area contributed by atoms with E-state index in [1.807, 2.05) is 18.2 Å². The van der Waals surface area contributed by atoms with Gasteiger partial charge in [0.05, 0.1) is 16.5 Å². The number of ether oxygens (including phenoxy) is 1. The Hall–Kier alpha value is -1.06. The molecular weight excluding hydrogens is 343 g/mol. The van der Waals surface area contributed by atoms with E-state index in [-0.39, 0.29) is 5.82 Å². The summed E-state index contributed by atoms with van der Waals surface area (Å²) in [7, 11) is 0. The molecule has 0 heterocycles. The van der Waals surface area contributed by atoms with E-state index < -0.39 is 5.38 Å². The van der Waals surface area contributed by atoms with Crippen LogP contribution < -0.4 is 4.74 Å². The molecule has 0 amide bonds. The van der Waals surface area contributed by atoms with Crippen molar-refractivity contribution in [3.05, 3.63) is 63.9 Å². The second kappa shape index (κ2) is 7.09. The molecule has 106 valence electrons. The third kappa shape index (κ3) is 3.53. The van der Waals surface area contributed by atoms with Gasteiger partial charge < -0.3 is 4.74 Å². The lowest BCUT2D eigenvalue weighted by atomic mass is 10.0. The van der Waals surface area contributed by atoms with Gasteiger partial charge in [0.1, 0.15) is 11.6 Å². The molecule has 2 aromatic rings. The van der Waals surface area contributed by atoms with Crippen LogP contribution in [0.15, 0.2) is 46.9 Å². The lowest BCUT2D eigenvalue weighted by molar-refractivity contribution is 0.315. The van der Waals surface area contributed by atoms with E-state index in [0.29, 0.717) is 12.2 Å². The van der Waals surface area contributed by atoms with Crippen LogP contribution in [0.5, 0.6) is 5.75 Å². The molecule has 0 saturated heterocycles. The fourth-order valence-corrected chi connectivity index (χ4v) is 2.69. The highest BCUT2D eigenvalue weighted by molar-refractivity contribution is 9.10. The smallest absolute Gasteiger partial charge is 0.133 e. The zero-order valence-electron chi connectivity index (χ0n) is 11.1. The highest BCUT2D eigenvalue weighted by Gasteiger charge is 2.16. The highest BCUT2D eigenvalue weighted by Crippen LogP contribution is 2.35. The highest BCUT2D eigenvalue weighted by atomic mass is 79.9. The molecule has 20 heavy (non-hydrogen) atoms. The number of rotatable bonds is 5. The van der Waals surface area contributed by atoms with Gasteiger partial charge in [-0.05, 0) is 46.1 Å². The van der Waals surface area contributed by atoms with Gasteiger partial charge in [0.2, 0.25) is 0 Å². The fourth-order valence-electron chi connectivity index (χ4n) is 1.86. The molecule has 0 spiro atoms. The summed E-state index contributed by atoms with van der Waals surface area (Å²) < 4.78 is 20.2. The summed E-state index contributed by atoms with van der Waals surface area (Å²) in [6.45, 7) is 2.71. The monoisotopic (exact) mass is 356 g/mol. The summed E-state index contributed by atoms with van der Waals surface area (Å²) in [5.41, 5.74) is 1.30. The van der Waals surface area contributed by atoms with Gasteiger partial charge in [-0.15, -0.1) is 11.6 Å². The van der Waals surface area contributed by atoms with Crippen molar-refractivity contribution >= 4 is 27.5 Å². The molecular formula is C16H15BrClFO. The Morgan fingerprint density at radius 3 is 2.65 bits per heavy atom. The van der Waals surface area contributed by atoms with Crippen molar-refractivity contribution in [2.24, 2.45) is 0 Å². The first-order valence-corrected chi connectivity index (χ1v) is 7.67. The van der Waals surface area contributed by atoms with Gasteiger partial charge in [-0.2, -0.15) is 0 Å². The Labute approximate surface area is 131 Å². The second-order valence-corrected chi connectivity index (χ2v) is 5.71. The molecule has 0 fully saturated rings. The Kier molecular flexibility index (Phi) is 5.44. The maximum Gasteiger partial charge on any atom is 0.133 e. The zero-order valence-corrected chi connectivity index (χ0v) is 13.4. The quantitative estimate of drug-likeness (QED) is 0.623. The van der Waals surface area contributed by atoms with E-state index in [9.17, 15) is 4.39 Å². The van der Waals surface area contributed by atoms with Crippen molar-refractivity contribution in [2.75, 3.05) is 6.61 Å². The molecule has 0 aliphatic rings. The van der Waals surface area contributed by atoms with Gasteiger partial charge in [0, 0.05) is 5.56 Å². The van der Waals surface area contributed by atoms with E-state index in [2.05, 4.69) is 22.9 Å². The van der Waals surface area contributed by atoms with Crippen LogP contribution in [-0.2, 0) is 0 Å². The Bertz CT molecular complexity index is 588. The SMILES string of the molecule is CCCOc1ccc(C(Cl)c2ccccc2F)cc1Br. The summed E-state index contributed by atoms with van der Waals surface area (Å²) in [6.07, 6.45) is 0.946. The zero-order chi connectivity index (χ0) is 14.5. The summed E-state index contributed by atoms with van der Waals surface area (Å²) in [5, 5.41) is -0.521. The van der Waals surface area contributed by atoms with Gasteiger partial charge in [0.15, 0.2) is 0 Å². The molecule has 2 aromatic carbocycles. The normalized spacial score (nSPS) is 12.2. The van der Waals surface area contributed by atoms with Crippen LogP contribution in [0.25, 0.3) is 0 Å². The van der Waals surface area contributed by atoms with Crippen LogP contribution in [0.1, 0.15) is 29.8 Å². The summed E-state index contributed by atoms with van der Waals surface area (Å²) in [6, 6.07) is 12.1. The van der Waals surface area contributed by atoms with Crippen LogP contribution in [0.4, 0.5) is 4.39 Å². The van der Waals surface area contributed by atoms with Gasteiger partial charge in [-0.3, -0.25) is 0 Å². The third-order valence-corrected chi connectivity index (χ3v) is 4.00. The predicted octanol–water partition coefficient (Wildman–Crippen LogP) is 5.71. The molecule has 1 nitrogen and oxygen atoms in total. The number of halogens is 3. The van der Waals surface area contributed by atoms with Crippen molar-refractivity contribution in [1.29, 1.82) is 0 Å². The fraction of sp³-hybridized carbons (Fsp3) is 0.250. The maximum absolute atomic E-state index is 13.8. The average molecular weight is 358 g/mol. The molecule has 1 unspecified atom stereocenters. The first-order chi connectivity index (χ1) is 9.63. The molecule has 0 aliphatic heterocycles. The van der Waals surface area contributed by atoms with E-state index in [4.69, 9.17) is 16.3 Å². The van der Waals surface area contributed by atoms with Crippen LogP contribution in [0.2, 0.25) is 0 Å². The van der Waals surface area contributed by atoms with Crippen LogP contribution >= 0.6 is 27.5 Å².